The zero-order valence-corrected chi connectivity index (χ0v) is 19.2. The lowest BCUT2D eigenvalue weighted by molar-refractivity contribution is -0.114. The average Bonchev–Trinajstić information content (AvgIpc) is 3.29. The third kappa shape index (κ3) is 5.19. The molecule has 0 aliphatic rings. The van der Waals surface area contributed by atoms with Crippen molar-refractivity contribution in [2.75, 3.05) is 16.2 Å². The van der Waals surface area contributed by atoms with Crippen molar-refractivity contribution in [2.24, 2.45) is 0 Å². The van der Waals surface area contributed by atoms with Crippen LogP contribution in [0.4, 0.5) is 15.2 Å². The molecule has 4 rings (SSSR count). The summed E-state index contributed by atoms with van der Waals surface area (Å²) in [5.74, 6) is -1.35. The first-order valence-corrected chi connectivity index (χ1v) is 12.2. The molecule has 0 spiro atoms. The first kappa shape index (κ1) is 22.8. The number of halogens is 2. The number of aromatic nitrogens is 2. The van der Waals surface area contributed by atoms with Crippen molar-refractivity contribution in [1.82, 2.24) is 10.2 Å². The summed E-state index contributed by atoms with van der Waals surface area (Å²) in [6.07, 6.45) is 0. The Balaban J connectivity index is 1.61. The van der Waals surface area contributed by atoms with Gasteiger partial charge in [-0.25, -0.2) is 12.8 Å². The first-order valence-electron chi connectivity index (χ1n) is 9.56. The minimum absolute atomic E-state index is 0.0273. The Morgan fingerprint density at radius 1 is 1.00 bits per heavy atom. The minimum Gasteiger partial charge on any atom is -0.299 e. The van der Waals surface area contributed by atoms with E-state index in [4.69, 9.17) is 11.6 Å². The van der Waals surface area contributed by atoms with Crippen LogP contribution in [0.5, 0.6) is 0 Å². The van der Waals surface area contributed by atoms with Crippen LogP contribution in [0.3, 0.4) is 0 Å². The molecule has 168 valence electrons. The SMILES string of the molecule is O=C(CN(c1ccc(F)c(Cl)c1)S(=O)(=O)c1ccccc1)Nc1nnc(-c2ccccc2)s1. The smallest absolute Gasteiger partial charge is 0.264 e. The van der Waals surface area contributed by atoms with E-state index in [1.54, 1.807) is 18.2 Å². The lowest BCUT2D eigenvalue weighted by atomic mass is 10.2. The molecule has 0 bridgehead atoms. The topological polar surface area (TPSA) is 92.3 Å². The molecule has 3 aromatic carbocycles. The van der Waals surface area contributed by atoms with Crippen LogP contribution in [0.25, 0.3) is 10.6 Å². The number of carbonyl (C=O) groups is 1. The maximum atomic E-state index is 13.7. The molecule has 0 fully saturated rings. The van der Waals surface area contributed by atoms with Gasteiger partial charge in [0.25, 0.3) is 10.0 Å². The lowest BCUT2D eigenvalue weighted by Gasteiger charge is -2.24. The van der Waals surface area contributed by atoms with E-state index in [2.05, 4.69) is 15.5 Å². The fourth-order valence-corrected chi connectivity index (χ4v) is 5.31. The van der Waals surface area contributed by atoms with E-state index in [1.165, 1.54) is 18.2 Å². The highest BCUT2D eigenvalue weighted by atomic mass is 35.5. The van der Waals surface area contributed by atoms with Crippen molar-refractivity contribution in [3.8, 4) is 10.6 Å². The van der Waals surface area contributed by atoms with Crippen LogP contribution >= 0.6 is 22.9 Å². The molecule has 0 saturated heterocycles. The standard InChI is InChI=1S/C22H16ClFN4O3S2/c23-18-13-16(11-12-19(18)24)28(33(30,31)17-9-5-2-6-10-17)14-20(29)25-22-27-26-21(32-22)15-7-3-1-4-8-15/h1-13H,14H2,(H,25,27,29). The largest absolute Gasteiger partial charge is 0.299 e. The van der Waals surface area contributed by atoms with Gasteiger partial charge in [0.15, 0.2) is 0 Å². The second kappa shape index (κ2) is 9.65. The normalized spacial score (nSPS) is 11.2. The van der Waals surface area contributed by atoms with Gasteiger partial charge >= 0.3 is 0 Å². The molecule has 1 amide bonds. The molecule has 7 nitrogen and oxygen atoms in total. The maximum Gasteiger partial charge on any atom is 0.264 e. The number of hydrogen-bond acceptors (Lipinski definition) is 6. The van der Waals surface area contributed by atoms with Crippen LogP contribution < -0.4 is 9.62 Å². The van der Waals surface area contributed by atoms with Gasteiger partial charge in [-0.05, 0) is 30.3 Å². The average molecular weight is 503 g/mol. The summed E-state index contributed by atoms with van der Waals surface area (Å²) < 4.78 is 41.1. The van der Waals surface area contributed by atoms with Crippen LogP contribution in [0, 0.1) is 5.82 Å². The van der Waals surface area contributed by atoms with Gasteiger partial charge < -0.3 is 0 Å². The predicted molar refractivity (Wildman–Crippen MR) is 126 cm³/mol. The summed E-state index contributed by atoms with van der Waals surface area (Å²) in [6, 6.07) is 20.4. The molecule has 1 N–H and O–H groups in total. The molecule has 33 heavy (non-hydrogen) atoms. The van der Waals surface area contributed by atoms with Crippen LogP contribution in [0.2, 0.25) is 5.02 Å². The lowest BCUT2D eigenvalue weighted by Crippen LogP contribution is -2.38. The molecule has 1 aromatic heterocycles. The molecule has 0 saturated carbocycles. The van der Waals surface area contributed by atoms with Crippen LogP contribution in [-0.2, 0) is 14.8 Å². The molecule has 0 aliphatic carbocycles. The van der Waals surface area contributed by atoms with Gasteiger partial charge in [0.1, 0.15) is 17.4 Å². The number of nitrogens with zero attached hydrogens (tertiary/aromatic N) is 3. The number of rotatable bonds is 7. The highest BCUT2D eigenvalue weighted by molar-refractivity contribution is 7.92. The van der Waals surface area contributed by atoms with Crippen molar-refractivity contribution in [2.45, 2.75) is 4.90 Å². The summed E-state index contributed by atoms with van der Waals surface area (Å²) in [5, 5.41) is 11.1. The first-order chi connectivity index (χ1) is 15.8. The monoisotopic (exact) mass is 502 g/mol. The summed E-state index contributed by atoms with van der Waals surface area (Å²) in [5.41, 5.74) is 0.882. The molecular formula is C22H16ClFN4O3S2. The Bertz CT molecular complexity index is 1380. The second-order valence-corrected chi connectivity index (χ2v) is 10.00. The number of benzene rings is 3. The molecule has 0 radical (unpaired) electrons. The third-order valence-corrected chi connectivity index (χ3v) is 7.47. The molecule has 11 heteroatoms. The van der Waals surface area contributed by atoms with Gasteiger partial charge in [0, 0.05) is 5.56 Å². The predicted octanol–water partition coefficient (Wildman–Crippen LogP) is 4.83. The van der Waals surface area contributed by atoms with Crippen molar-refractivity contribution in [3.05, 3.63) is 89.7 Å². The Labute approximate surface area is 198 Å². The molecular weight excluding hydrogens is 487 g/mol. The summed E-state index contributed by atoms with van der Waals surface area (Å²) in [4.78, 5) is 12.8. The number of anilines is 2. The van der Waals surface area contributed by atoms with Gasteiger partial charge in [0.2, 0.25) is 11.0 Å². The van der Waals surface area contributed by atoms with E-state index in [0.717, 1.165) is 33.3 Å². The van der Waals surface area contributed by atoms with Gasteiger partial charge in [-0.2, -0.15) is 0 Å². The Kier molecular flexibility index (Phi) is 6.68. The number of carbonyl (C=O) groups excluding carboxylic acids is 1. The van der Waals surface area contributed by atoms with Crippen molar-refractivity contribution in [1.29, 1.82) is 0 Å². The molecule has 0 unspecified atom stereocenters. The number of amides is 1. The molecule has 4 aromatic rings. The van der Waals surface area contributed by atoms with E-state index in [9.17, 15) is 17.6 Å². The zero-order valence-electron chi connectivity index (χ0n) is 16.9. The van der Waals surface area contributed by atoms with E-state index in [1.807, 2.05) is 30.3 Å². The fraction of sp³-hybridized carbons (Fsp3) is 0.0455. The zero-order chi connectivity index (χ0) is 23.4. The molecule has 1 heterocycles. The Morgan fingerprint density at radius 3 is 2.33 bits per heavy atom. The minimum atomic E-state index is -4.15. The quantitative estimate of drug-likeness (QED) is 0.390. The van der Waals surface area contributed by atoms with E-state index < -0.39 is 28.3 Å². The summed E-state index contributed by atoms with van der Waals surface area (Å²) in [6.45, 7) is -0.584. The van der Waals surface area contributed by atoms with Crippen molar-refractivity contribution < 1.29 is 17.6 Å². The second-order valence-electron chi connectivity index (χ2n) is 6.75. The third-order valence-electron chi connectivity index (χ3n) is 4.50. The maximum absolute atomic E-state index is 13.7. The highest BCUT2D eigenvalue weighted by Gasteiger charge is 2.28. The van der Waals surface area contributed by atoms with Gasteiger partial charge in [-0.3, -0.25) is 14.4 Å². The number of nitrogens with one attached hydrogen (secondary N) is 1. The van der Waals surface area contributed by atoms with E-state index in [0.29, 0.717) is 5.01 Å². The molecule has 0 atom stereocenters. The summed E-state index contributed by atoms with van der Waals surface area (Å²) in [7, 11) is -4.15. The Hall–Kier alpha value is -3.34. The van der Waals surface area contributed by atoms with Gasteiger partial charge in [0.05, 0.1) is 15.6 Å². The molecule has 0 aliphatic heterocycles. The van der Waals surface area contributed by atoms with E-state index in [-0.39, 0.29) is 20.7 Å². The number of sulfonamides is 1. The van der Waals surface area contributed by atoms with Crippen LogP contribution in [0.1, 0.15) is 0 Å². The van der Waals surface area contributed by atoms with Crippen molar-refractivity contribution in [3.63, 3.8) is 0 Å². The van der Waals surface area contributed by atoms with Gasteiger partial charge in [-0.1, -0.05) is 71.5 Å². The Morgan fingerprint density at radius 2 is 1.67 bits per heavy atom. The van der Waals surface area contributed by atoms with E-state index >= 15 is 0 Å². The van der Waals surface area contributed by atoms with Crippen LogP contribution in [-0.4, -0.2) is 31.1 Å². The fourth-order valence-electron chi connectivity index (χ4n) is 2.94. The van der Waals surface area contributed by atoms with Crippen LogP contribution in [0.15, 0.2) is 83.8 Å². The number of hydrogen-bond donors (Lipinski definition) is 1. The van der Waals surface area contributed by atoms with Gasteiger partial charge in [-0.15, -0.1) is 10.2 Å². The van der Waals surface area contributed by atoms with Crippen molar-refractivity contribution >= 4 is 49.7 Å². The highest BCUT2D eigenvalue weighted by Crippen LogP contribution is 2.29. The summed E-state index contributed by atoms with van der Waals surface area (Å²) >= 11 is 7.02.